The SMILES string of the molecule is C[C@H]1C[C@@H](CC(=O)N(CCO)Cc2ccccc2)O[C@]12C(=O)N(Cc1ccccc1)c1ccc(N3C(=O)COc4ccccc43)cc12. The van der Waals surface area contributed by atoms with Gasteiger partial charge in [0, 0.05) is 30.3 Å². The number of hydrogen-bond donors (Lipinski definition) is 1. The topological polar surface area (TPSA) is 99.6 Å². The first-order chi connectivity index (χ1) is 22.9. The number of carbonyl (C=O) groups excluding carboxylic acids is 3. The molecule has 0 aliphatic carbocycles. The molecule has 3 aliphatic rings. The fraction of sp³-hybridized carbons (Fsp3) is 0.289. The van der Waals surface area contributed by atoms with Crippen LogP contribution in [-0.2, 0) is 37.8 Å². The van der Waals surface area contributed by atoms with Gasteiger partial charge in [-0.1, -0.05) is 79.7 Å². The van der Waals surface area contributed by atoms with E-state index in [1.54, 1.807) is 14.7 Å². The summed E-state index contributed by atoms with van der Waals surface area (Å²) in [7, 11) is 0. The maximum atomic E-state index is 14.6. The monoisotopic (exact) mass is 631 g/mol. The molecule has 1 N–H and O–H groups in total. The zero-order chi connectivity index (χ0) is 32.5. The highest BCUT2D eigenvalue weighted by Crippen LogP contribution is 2.55. The average Bonchev–Trinajstić information content (AvgIpc) is 3.54. The second-order valence-corrected chi connectivity index (χ2v) is 12.4. The average molecular weight is 632 g/mol. The molecule has 9 heteroatoms. The van der Waals surface area contributed by atoms with Gasteiger partial charge in [-0.05, 0) is 47.9 Å². The summed E-state index contributed by atoms with van der Waals surface area (Å²) >= 11 is 0. The highest BCUT2D eigenvalue weighted by molar-refractivity contribution is 6.09. The number of para-hydroxylation sites is 2. The molecule has 240 valence electrons. The Labute approximate surface area is 273 Å². The van der Waals surface area contributed by atoms with Crippen molar-refractivity contribution in [3.63, 3.8) is 0 Å². The van der Waals surface area contributed by atoms with Gasteiger partial charge in [0.25, 0.3) is 11.8 Å². The van der Waals surface area contributed by atoms with Crippen molar-refractivity contribution in [2.24, 2.45) is 5.92 Å². The van der Waals surface area contributed by atoms with E-state index in [0.717, 1.165) is 16.8 Å². The first kappa shape index (κ1) is 30.7. The van der Waals surface area contributed by atoms with E-state index in [-0.39, 0.29) is 49.8 Å². The van der Waals surface area contributed by atoms with Gasteiger partial charge in [0.1, 0.15) is 5.75 Å². The third-order valence-corrected chi connectivity index (χ3v) is 9.39. The van der Waals surface area contributed by atoms with E-state index in [1.807, 2.05) is 110 Å². The Morgan fingerprint density at radius 3 is 2.36 bits per heavy atom. The molecule has 0 aromatic heterocycles. The molecule has 4 aromatic rings. The number of fused-ring (bicyclic) bond motifs is 3. The van der Waals surface area contributed by atoms with Gasteiger partial charge in [-0.15, -0.1) is 0 Å². The van der Waals surface area contributed by atoms with E-state index in [4.69, 9.17) is 9.47 Å². The summed E-state index contributed by atoms with van der Waals surface area (Å²) in [5.41, 5.74) is 3.27. The summed E-state index contributed by atoms with van der Waals surface area (Å²) in [6.45, 7) is 2.67. The van der Waals surface area contributed by atoms with Gasteiger partial charge in [0.2, 0.25) is 5.91 Å². The van der Waals surface area contributed by atoms with Crippen molar-refractivity contribution in [1.29, 1.82) is 0 Å². The predicted octanol–water partition coefficient (Wildman–Crippen LogP) is 5.32. The van der Waals surface area contributed by atoms with Crippen molar-refractivity contribution < 1.29 is 29.0 Å². The molecule has 9 nitrogen and oxygen atoms in total. The first-order valence-corrected chi connectivity index (χ1v) is 16.0. The lowest BCUT2D eigenvalue weighted by molar-refractivity contribution is -0.150. The van der Waals surface area contributed by atoms with Crippen molar-refractivity contribution in [3.8, 4) is 5.75 Å². The van der Waals surface area contributed by atoms with Crippen LogP contribution in [0.4, 0.5) is 17.1 Å². The lowest BCUT2D eigenvalue weighted by atomic mass is 9.82. The molecule has 4 aromatic carbocycles. The number of amides is 3. The molecule has 7 rings (SSSR count). The Morgan fingerprint density at radius 1 is 0.915 bits per heavy atom. The minimum absolute atomic E-state index is 0.0786. The normalized spacial score (nSPS) is 21.5. The predicted molar refractivity (Wildman–Crippen MR) is 177 cm³/mol. The molecule has 3 aliphatic heterocycles. The van der Waals surface area contributed by atoms with Crippen molar-refractivity contribution in [2.45, 2.75) is 44.6 Å². The number of benzene rings is 4. The van der Waals surface area contributed by atoms with Crippen molar-refractivity contribution in [1.82, 2.24) is 4.90 Å². The second kappa shape index (κ2) is 12.7. The third-order valence-electron chi connectivity index (χ3n) is 9.39. The van der Waals surface area contributed by atoms with E-state index in [1.165, 1.54) is 0 Å². The van der Waals surface area contributed by atoms with E-state index in [0.29, 0.717) is 42.2 Å². The molecule has 0 radical (unpaired) electrons. The molecule has 3 heterocycles. The van der Waals surface area contributed by atoms with Crippen molar-refractivity contribution in [3.05, 3.63) is 120 Å². The number of aliphatic hydroxyl groups excluding tert-OH is 1. The summed E-state index contributed by atoms with van der Waals surface area (Å²) < 4.78 is 12.5. The number of carbonyl (C=O) groups is 3. The Kier molecular flexibility index (Phi) is 8.26. The van der Waals surface area contributed by atoms with Crippen molar-refractivity contribution >= 4 is 34.8 Å². The Hall–Kier alpha value is -4.99. The van der Waals surface area contributed by atoms with Crippen LogP contribution in [0.25, 0.3) is 0 Å². The fourth-order valence-corrected chi connectivity index (χ4v) is 7.17. The molecule has 0 bridgehead atoms. The minimum atomic E-state index is -1.33. The molecule has 3 atom stereocenters. The molecular weight excluding hydrogens is 594 g/mol. The van der Waals surface area contributed by atoms with Crippen LogP contribution in [0.1, 0.15) is 36.5 Å². The highest BCUT2D eigenvalue weighted by atomic mass is 16.5. The van der Waals surface area contributed by atoms with Gasteiger partial charge in [-0.2, -0.15) is 0 Å². The molecular formula is C38H37N3O6. The van der Waals surface area contributed by atoms with E-state index >= 15 is 0 Å². The van der Waals surface area contributed by atoms with Crippen LogP contribution in [0.2, 0.25) is 0 Å². The highest BCUT2D eigenvalue weighted by Gasteiger charge is 2.60. The third kappa shape index (κ3) is 5.55. The molecule has 0 unspecified atom stereocenters. The number of hydrogen-bond acceptors (Lipinski definition) is 6. The van der Waals surface area contributed by atoms with Gasteiger partial charge in [0.15, 0.2) is 12.2 Å². The van der Waals surface area contributed by atoms with E-state index in [2.05, 4.69) is 0 Å². The lowest BCUT2D eigenvalue weighted by Crippen LogP contribution is -2.44. The van der Waals surface area contributed by atoms with Crippen LogP contribution >= 0.6 is 0 Å². The largest absolute Gasteiger partial charge is 0.482 e. The molecule has 47 heavy (non-hydrogen) atoms. The standard InChI is InChI=1S/C38H37N3O6/c1-26-20-30(22-35(43)39(18-19-42)23-27-10-4-2-5-11-27)47-38(26)31-21-29(41-33-14-8-9-15-34(33)46-25-36(41)44)16-17-32(31)40(37(38)45)24-28-12-6-3-7-13-28/h2-17,21,26,30,42H,18-20,22-25H2,1H3/t26-,30-,38+/m0/s1. The van der Waals surface area contributed by atoms with Gasteiger partial charge in [-0.25, -0.2) is 0 Å². The number of anilines is 3. The number of aliphatic hydroxyl groups is 1. The number of nitrogens with zero attached hydrogens (tertiary/aromatic N) is 3. The molecule has 1 spiro atoms. The van der Waals surface area contributed by atoms with Crippen LogP contribution in [0.3, 0.4) is 0 Å². The first-order valence-electron chi connectivity index (χ1n) is 16.0. The van der Waals surface area contributed by atoms with Gasteiger partial charge in [0.05, 0.1) is 37.1 Å². The molecule has 1 fully saturated rings. The summed E-state index contributed by atoms with van der Waals surface area (Å²) in [6, 6.07) is 32.5. The number of rotatable bonds is 9. The molecule has 0 saturated carbocycles. The van der Waals surface area contributed by atoms with Crippen LogP contribution in [0.5, 0.6) is 5.75 Å². The van der Waals surface area contributed by atoms with Gasteiger partial charge < -0.3 is 24.4 Å². The van der Waals surface area contributed by atoms with Gasteiger partial charge in [-0.3, -0.25) is 19.3 Å². The summed E-state index contributed by atoms with van der Waals surface area (Å²) in [6.07, 6.45) is 0.0602. The zero-order valence-electron chi connectivity index (χ0n) is 26.2. The zero-order valence-corrected chi connectivity index (χ0v) is 26.2. The van der Waals surface area contributed by atoms with Crippen LogP contribution in [0, 0.1) is 5.92 Å². The summed E-state index contributed by atoms with van der Waals surface area (Å²) in [5.74, 6) is -0.185. The minimum Gasteiger partial charge on any atom is -0.482 e. The van der Waals surface area contributed by atoms with E-state index < -0.39 is 11.7 Å². The fourth-order valence-electron chi connectivity index (χ4n) is 7.17. The molecule has 1 saturated heterocycles. The molecule has 3 amide bonds. The Morgan fingerprint density at radius 2 is 1.62 bits per heavy atom. The summed E-state index contributed by atoms with van der Waals surface area (Å²) in [4.78, 5) is 46.6. The van der Waals surface area contributed by atoms with Crippen LogP contribution in [-0.4, -0.2) is 53.6 Å². The number of ether oxygens (including phenoxy) is 2. The van der Waals surface area contributed by atoms with Gasteiger partial charge >= 0.3 is 0 Å². The second-order valence-electron chi connectivity index (χ2n) is 12.4. The maximum absolute atomic E-state index is 14.6. The Balaban J connectivity index is 1.23. The van der Waals surface area contributed by atoms with Crippen LogP contribution < -0.4 is 14.5 Å². The maximum Gasteiger partial charge on any atom is 0.269 e. The summed E-state index contributed by atoms with van der Waals surface area (Å²) in [5, 5.41) is 9.73. The smallest absolute Gasteiger partial charge is 0.269 e. The van der Waals surface area contributed by atoms with Crippen molar-refractivity contribution in [2.75, 3.05) is 29.6 Å². The lowest BCUT2D eigenvalue weighted by Gasteiger charge is -2.31. The van der Waals surface area contributed by atoms with E-state index in [9.17, 15) is 19.5 Å². The van der Waals surface area contributed by atoms with Crippen LogP contribution in [0.15, 0.2) is 103 Å². The quantitative estimate of drug-likeness (QED) is 0.269. The Bertz CT molecular complexity index is 1800.